The van der Waals surface area contributed by atoms with Gasteiger partial charge in [0.1, 0.15) is 9.76 Å². The molecule has 66 valence electrons. The van der Waals surface area contributed by atoms with Crippen LogP contribution in [0.3, 0.4) is 0 Å². The number of rotatable bonds is 1. The zero-order valence-corrected chi connectivity index (χ0v) is 8.59. The van der Waals surface area contributed by atoms with Gasteiger partial charge in [0.25, 0.3) is 6.43 Å². The van der Waals surface area contributed by atoms with Crippen LogP contribution < -0.4 is 0 Å². The van der Waals surface area contributed by atoms with Gasteiger partial charge in [0.15, 0.2) is 0 Å². The molecule has 0 unspecified atom stereocenters. The van der Waals surface area contributed by atoms with E-state index in [1.807, 2.05) is 0 Å². The maximum Gasteiger partial charge on any atom is 0.266 e. The van der Waals surface area contributed by atoms with Gasteiger partial charge in [-0.05, 0) is 22.0 Å². The van der Waals surface area contributed by atoms with Crippen molar-refractivity contribution in [3.05, 3.63) is 26.4 Å². The Morgan fingerprint density at radius 2 is 2.00 bits per heavy atom. The summed E-state index contributed by atoms with van der Waals surface area (Å²) in [5.74, 6) is 0. The highest BCUT2D eigenvalue weighted by molar-refractivity contribution is 9.10. The van der Waals surface area contributed by atoms with E-state index in [1.165, 1.54) is 0 Å². The minimum Gasteiger partial charge on any atom is -0.227 e. The molecule has 0 bridgehead atoms. The third-order valence-corrected chi connectivity index (χ3v) is 2.57. The molecule has 1 heterocycles. The Morgan fingerprint density at radius 1 is 1.42 bits per heavy atom. The first-order valence-corrected chi connectivity index (χ1v) is 4.37. The lowest BCUT2D eigenvalue weighted by molar-refractivity contribution is 0.151. The Morgan fingerprint density at radius 3 is 2.50 bits per heavy atom. The largest absolute Gasteiger partial charge is 0.266 e. The molecule has 0 amide bonds. The van der Waals surface area contributed by atoms with E-state index < -0.39 is 6.43 Å². The van der Waals surface area contributed by atoms with Crippen LogP contribution in [0.4, 0.5) is 8.78 Å². The summed E-state index contributed by atoms with van der Waals surface area (Å²) >= 11 is 13.9. The molecule has 6 heteroatoms. The molecule has 0 fully saturated rings. The Labute approximate surface area is 85.8 Å². The normalized spacial score (nSPS) is 10.8. The fraction of sp³-hybridized carbons (Fsp3) is 0.167. The van der Waals surface area contributed by atoms with E-state index in [1.54, 1.807) is 0 Å². The molecule has 0 aliphatic rings. The van der Waals surface area contributed by atoms with Gasteiger partial charge in [-0.25, -0.2) is 13.8 Å². The minimum atomic E-state index is -2.66. The van der Waals surface area contributed by atoms with E-state index in [4.69, 9.17) is 23.2 Å². The van der Waals surface area contributed by atoms with Gasteiger partial charge in [0.2, 0.25) is 0 Å². The van der Waals surface area contributed by atoms with Crippen LogP contribution >= 0.6 is 39.1 Å². The number of halogens is 5. The molecular formula is C6H2BrCl2F2N. The molecule has 1 nitrogen and oxygen atoms in total. The Balaban J connectivity index is 3.23. The second-order valence-corrected chi connectivity index (χ2v) is 3.46. The lowest BCUT2D eigenvalue weighted by Crippen LogP contribution is -1.90. The molecule has 1 aromatic rings. The van der Waals surface area contributed by atoms with Crippen molar-refractivity contribution in [2.24, 2.45) is 0 Å². The highest BCUT2D eigenvalue weighted by Gasteiger charge is 2.15. The summed E-state index contributed by atoms with van der Waals surface area (Å²) in [7, 11) is 0. The molecular weight excluding hydrogens is 275 g/mol. The number of nitrogens with zero attached hydrogens (tertiary/aromatic N) is 1. The summed E-state index contributed by atoms with van der Waals surface area (Å²) in [6.07, 6.45) is -2.66. The maximum absolute atomic E-state index is 12.1. The molecule has 0 aliphatic carbocycles. The molecule has 0 saturated carbocycles. The first-order chi connectivity index (χ1) is 5.52. The number of hydrogen-bond donors (Lipinski definition) is 0. The predicted molar refractivity (Wildman–Crippen MR) is 46.9 cm³/mol. The van der Waals surface area contributed by atoms with Gasteiger partial charge in [-0.1, -0.05) is 23.2 Å². The van der Waals surface area contributed by atoms with Crippen molar-refractivity contribution in [1.29, 1.82) is 0 Å². The van der Waals surface area contributed by atoms with E-state index in [9.17, 15) is 8.78 Å². The lowest BCUT2D eigenvalue weighted by atomic mass is 10.3. The number of pyridine rings is 1. The Bertz CT molecular complexity index is 306. The Kier molecular flexibility index (Phi) is 3.26. The molecule has 0 saturated heterocycles. The van der Waals surface area contributed by atoms with Crippen molar-refractivity contribution in [3.8, 4) is 0 Å². The average molecular weight is 277 g/mol. The first-order valence-electron chi connectivity index (χ1n) is 2.82. The SMILES string of the molecule is FC(F)c1cc(Cl)c(Br)nc1Cl. The smallest absolute Gasteiger partial charge is 0.227 e. The molecule has 0 N–H and O–H groups in total. The monoisotopic (exact) mass is 275 g/mol. The highest BCUT2D eigenvalue weighted by atomic mass is 79.9. The summed E-state index contributed by atoms with van der Waals surface area (Å²) in [5, 5.41) is -0.115. The average Bonchev–Trinajstić information content (AvgIpc) is 1.96. The fourth-order valence-corrected chi connectivity index (χ4v) is 1.39. The predicted octanol–water partition coefficient (Wildman–Crippen LogP) is 4.09. The second-order valence-electron chi connectivity index (χ2n) is 1.94. The summed E-state index contributed by atoms with van der Waals surface area (Å²) in [5.41, 5.74) is -0.357. The Hall–Kier alpha value is 0.0700. The van der Waals surface area contributed by atoms with Crippen LogP contribution in [-0.4, -0.2) is 4.98 Å². The van der Waals surface area contributed by atoms with Crippen LogP contribution in [0.2, 0.25) is 10.2 Å². The third kappa shape index (κ3) is 2.06. The van der Waals surface area contributed by atoms with Gasteiger partial charge in [0, 0.05) is 0 Å². The molecule has 0 atom stereocenters. The van der Waals surface area contributed by atoms with E-state index in [0.29, 0.717) is 0 Å². The zero-order chi connectivity index (χ0) is 9.30. The van der Waals surface area contributed by atoms with Crippen LogP contribution in [0.25, 0.3) is 0 Å². The zero-order valence-electron chi connectivity index (χ0n) is 5.49. The van der Waals surface area contributed by atoms with Gasteiger partial charge < -0.3 is 0 Å². The van der Waals surface area contributed by atoms with Gasteiger partial charge in [-0.2, -0.15) is 0 Å². The number of alkyl halides is 2. The van der Waals surface area contributed by atoms with E-state index in [0.717, 1.165) is 6.07 Å². The van der Waals surface area contributed by atoms with Crippen LogP contribution in [-0.2, 0) is 0 Å². The quantitative estimate of drug-likeness (QED) is 0.704. The molecule has 1 aromatic heterocycles. The van der Waals surface area contributed by atoms with Crippen LogP contribution in [0, 0.1) is 0 Å². The van der Waals surface area contributed by atoms with Gasteiger partial charge in [-0.15, -0.1) is 0 Å². The maximum atomic E-state index is 12.1. The summed E-state index contributed by atoms with van der Waals surface area (Å²) in [6.45, 7) is 0. The van der Waals surface area contributed by atoms with Crippen molar-refractivity contribution in [2.75, 3.05) is 0 Å². The fourth-order valence-electron chi connectivity index (χ4n) is 0.613. The molecule has 12 heavy (non-hydrogen) atoms. The number of aromatic nitrogens is 1. The molecule has 1 rings (SSSR count). The van der Waals surface area contributed by atoms with Crippen molar-refractivity contribution in [1.82, 2.24) is 4.98 Å². The second kappa shape index (κ2) is 3.85. The van der Waals surface area contributed by atoms with E-state index >= 15 is 0 Å². The number of hydrogen-bond acceptors (Lipinski definition) is 1. The minimum absolute atomic E-state index is 0.120. The standard InChI is InChI=1S/C6H2BrCl2F2N/c7-4-3(8)1-2(6(10)11)5(9)12-4/h1,6H. The van der Waals surface area contributed by atoms with Crippen molar-refractivity contribution < 1.29 is 8.78 Å². The van der Waals surface area contributed by atoms with Gasteiger partial charge in [0.05, 0.1) is 10.6 Å². The summed E-state index contributed by atoms with van der Waals surface area (Å²) < 4.78 is 24.5. The molecule has 0 radical (unpaired) electrons. The first kappa shape index (κ1) is 10.2. The van der Waals surface area contributed by atoms with E-state index in [-0.39, 0.29) is 20.3 Å². The van der Waals surface area contributed by atoms with E-state index in [2.05, 4.69) is 20.9 Å². The third-order valence-electron chi connectivity index (χ3n) is 1.15. The topological polar surface area (TPSA) is 12.9 Å². The van der Waals surface area contributed by atoms with Crippen molar-refractivity contribution in [3.63, 3.8) is 0 Å². The van der Waals surface area contributed by atoms with Crippen molar-refractivity contribution >= 4 is 39.1 Å². The summed E-state index contributed by atoms with van der Waals surface area (Å²) in [4.78, 5) is 3.56. The van der Waals surface area contributed by atoms with Crippen molar-refractivity contribution in [2.45, 2.75) is 6.43 Å². The lowest BCUT2D eigenvalue weighted by Gasteiger charge is -2.03. The van der Waals surface area contributed by atoms with Crippen LogP contribution in [0.15, 0.2) is 10.7 Å². The van der Waals surface area contributed by atoms with Gasteiger partial charge in [-0.3, -0.25) is 0 Å². The molecule has 0 aliphatic heterocycles. The highest BCUT2D eigenvalue weighted by Crippen LogP contribution is 2.31. The van der Waals surface area contributed by atoms with Crippen LogP contribution in [0.1, 0.15) is 12.0 Å². The molecule has 0 spiro atoms. The van der Waals surface area contributed by atoms with Crippen LogP contribution in [0.5, 0.6) is 0 Å². The van der Waals surface area contributed by atoms with Gasteiger partial charge >= 0.3 is 0 Å². The molecule has 0 aromatic carbocycles. The summed E-state index contributed by atoms with van der Waals surface area (Å²) in [6, 6.07) is 1.09.